The number of ether oxygens (including phenoxy) is 2. The van der Waals surface area contributed by atoms with Crippen LogP contribution in [0.15, 0.2) is 60.9 Å². The quantitative estimate of drug-likeness (QED) is 0.0583. The van der Waals surface area contributed by atoms with Gasteiger partial charge in [-0.15, -0.1) is 0 Å². The number of aromatic nitrogens is 2. The predicted octanol–water partition coefficient (Wildman–Crippen LogP) is 6.31. The Morgan fingerprint density at radius 1 is 0.759 bits per heavy atom. The third-order valence-corrected chi connectivity index (χ3v) is 11.2. The van der Waals surface area contributed by atoms with Crippen molar-refractivity contribution in [1.82, 2.24) is 15.3 Å². The minimum atomic E-state index is -0.844. The number of amides is 1. The molecule has 58 heavy (non-hydrogen) atoms. The van der Waals surface area contributed by atoms with Gasteiger partial charge in [-0.25, -0.2) is 0 Å². The first-order valence-electron chi connectivity index (χ1n) is 20.4. The van der Waals surface area contributed by atoms with Crippen LogP contribution in [-0.4, -0.2) is 76.3 Å². The molecule has 4 aromatic rings. The van der Waals surface area contributed by atoms with Crippen LogP contribution >= 0.6 is 0 Å². The number of carbonyl (C=O) groups is 4. The molecule has 4 N–H and O–H groups in total. The minimum absolute atomic E-state index is 0.101. The number of carbonyl (C=O) groups excluding carboxylic acids is 4. The molecule has 1 amide bonds. The van der Waals surface area contributed by atoms with Crippen LogP contribution < -0.4 is 10.6 Å². The molecule has 306 valence electrons. The average Bonchev–Trinajstić information content (AvgIpc) is 4.16. The third-order valence-electron chi connectivity index (χ3n) is 11.2. The number of rotatable bonds is 20. The lowest BCUT2D eigenvalue weighted by Gasteiger charge is -2.17. The number of hydrogen-bond donors (Lipinski definition) is 4. The highest BCUT2D eigenvalue weighted by atomic mass is 16.5. The Kier molecular flexibility index (Phi) is 14.2. The third kappa shape index (κ3) is 10.2. The first-order chi connectivity index (χ1) is 28.1. The van der Waals surface area contributed by atoms with Crippen LogP contribution in [0.5, 0.6) is 0 Å². The van der Waals surface area contributed by atoms with E-state index in [0.29, 0.717) is 48.3 Å². The zero-order valence-electron chi connectivity index (χ0n) is 33.8. The maximum absolute atomic E-state index is 13.7. The summed E-state index contributed by atoms with van der Waals surface area (Å²) in [5.41, 5.74) is 9.90. The number of ketones is 1. The van der Waals surface area contributed by atoms with E-state index >= 15 is 0 Å². The van der Waals surface area contributed by atoms with Gasteiger partial charge in [0.25, 0.3) is 5.91 Å². The molecule has 2 aliphatic rings. The largest absolute Gasteiger partial charge is 0.466 e. The molecule has 12 nitrogen and oxygen atoms in total. The van der Waals surface area contributed by atoms with Crippen LogP contribution in [0.3, 0.4) is 0 Å². The van der Waals surface area contributed by atoms with Crippen molar-refractivity contribution < 1.29 is 38.9 Å². The lowest BCUT2D eigenvalue weighted by Crippen LogP contribution is -2.40. The predicted molar refractivity (Wildman–Crippen MR) is 220 cm³/mol. The van der Waals surface area contributed by atoms with Gasteiger partial charge in [0.1, 0.15) is 17.4 Å². The maximum atomic E-state index is 13.7. The summed E-state index contributed by atoms with van der Waals surface area (Å²) in [5.74, 6) is -1.28. The number of esters is 2. The van der Waals surface area contributed by atoms with Crippen molar-refractivity contribution in [3.05, 3.63) is 111 Å². The molecule has 0 radical (unpaired) electrons. The second kappa shape index (κ2) is 19.4. The summed E-state index contributed by atoms with van der Waals surface area (Å²) in [6.45, 7) is 7.55. The topological polar surface area (TPSA) is 177 Å². The summed E-state index contributed by atoms with van der Waals surface area (Å²) in [7, 11) is 0. The van der Waals surface area contributed by atoms with Gasteiger partial charge in [-0.1, -0.05) is 30.3 Å². The SMILES string of the molecule is CCOC(=O)[C@@H](CO)CCc1cnc(C(=O)Nc2cccc(-c3cccc(CC(=O)c4cc(C5CC5)c(CN[C@H](CO)C(=O)OCC)cn4)c3C)c2C)cc1C1CC1. The molecule has 6 rings (SSSR count). The second-order valence-electron chi connectivity index (χ2n) is 15.2. The molecule has 0 unspecified atom stereocenters. The number of anilines is 1. The zero-order chi connectivity index (χ0) is 41.3. The molecule has 0 saturated heterocycles. The van der Waals surface area contributed by atoms with E-state index in [1.807, 2.05) is 62.4 Å². The first-order valence-corrected chi connectivity index (χ1v) is 20.4. The molecule has 2 fully saturated rings. The fraction of sp³-hybridized carbons (Fsp3) is 0.435. The molecule has 2 aromatic heterocycles. The van der Waals surface area contributed by atoms with Gasteiger partial charge in [-0.3, -0.25) is 34.5 Å². The molecular weight excluding hydrogens is 737 g/mol. The fourth-order valence-corrected chi connectivity index (χ4v) is 7.43. The second-order valence-corrected chi connectivity index (χ2v) is 15.2. The van der Waals surface area contributed by atoms with E-state index in [9.17, 15) is 29.4 Å². The Morgan fingerprint density at radius 3 is 2.02 bits per heavy atom. The number of Topliss-reactive ketones (excluding diaryl/α,β-unsaturated/α-hetero) is 1. The van der Waals surface area contributed by atoms with Gasteiger partial charge in [0, 0.05) is 31.0 Å². The molecule has 12 heteroatoms. The molecule has 2 aliphatic carbocycles. The number of aryl methyl sites for hydroxylation is 1. The van der Waals surface area contributed by atoms with Crippen molar-refractivity contribution in [2.45, 2.75) is 97.1 Å². The summed E-state index contributed by atoms with van der Waals surface area (Å²) in [4.78, 5) is 60.9. The van der Waals surface area contributed by atoms with Crippen molar-refractivity contribution in [2.24, 2.45) is 5.92 Å². The smallest absolute Gasteiger partial charge is 0.325 e. The van der Waals surface area contributed by atoms with Gasteiger partial charge in [0.15, 0.2) is 5.78 Å². The van der Waals surface area contributed by atoms with E-state index in [-0.39, 0.29) is 44.5 Å². The van der Waals surface area contributed by atoms with E-state index in [4.69, 9.17) is 9.47 Å². The first kappa shape index (κ1) is 42.3. The zero-order valence-corrected chi connectivity index (χ0v) is 33.8. The van der Waals surface area contributed by atoms with E-state index < -0.39 is 23.9 Å². The van der Waals surface area contributed by atoms with Crippen molar-refractivity contribution in [1.29, 1.82) is 0 Å². The molecule has 2 aromatic carbocycles. The summed E-state index contributed by atoms with van der Waals surface area (Å²) < 4.78 is 10.2. The van der Waals surface area contributed by atoms with Crippen molar-refractivity contribution in [3.63, 3.8) is 0 Å². The summed E-state index contributed by atoms with van der Waals surface area (Å²) in [6, 6.07) is 14.6. The number of hydrogen-bond acceptors (Lipinski definition) is 11. The molecule has 0 bridgehead atoms. The van der Waals surface area contributed by atoms with Gasteiger partial charge in [0.05, 0.1) is 32.3 Å². The Hall–Kier alpha value is -5.30. The van der Waals surface area contributed by atoms with Crippen molar-refractivity contribution in [3.8, 4) is 11.1 Å². The molecule has 2 atom stereocenters. The number of aliphatic hydroxyl groups excluding tert-OH is 2. The van der Waals surface area contributed by atoms with Gasteiger partial charge in [0.2, 0.25) is 0 Å². The van der Waals surface area contributed by atoms with E-state index in [1.54, 1.807) is 26.2 Å². The normalized spacial score (nSPS) is 14.7. The van der Waals surface area contributed by atoms with Gasteiger partial charge >= 0.3 is 11.9 Å². The van der Waals surface area contributed by atoms with Crippen LogP contribution in [0.2, 0.25) is 0 Å². The van der Waals surface area contributed by atoms with E-state index in [0.717, 1.165) is 75.8 Å². The van der Waals surface area contributed by atoms with Gasteiger partial charge < -0.3 is 25.0 Å². The number of pyridine rings is 2. The number of nitrogens with zero attached hydrogens (tertiary/aromatic N) is 2. The van der Waals surface area contributed by atoms with Crippen LogP contribution in [0.4, 0.5) is 5.69 Å². The maximum Gasteiger partial charge on any atom is 0.325 e. The highest BCUT2D eigenvalue weighted by molar-refractivity contribution is 6.04. The molecule has 0 aliphatic heterocycles. The van der Waals surface area contributed by atoms with Gasteiger partial charge in [-0.2, -0.15) is 0 Å². The Morgan fingerprint density at radius 2 is 1.36 bits per heavy atom. The summed E-state index contributed by atoms with van der Waals surface area (Å²) >= 11 is 0. The van der Waals surface area contributed by atoms with Crippen molar-refractivity contribution in [2.75, 3.05) is 31.7 Å². The molecule has 0 spiro atoms. The van der Waals surface area contributed by atoms with E-state index in [1.165, 1.54) is 0 Å². The van der Waals surface area contributed by atoms with Gasteiger partial charge in [-0.05, 0) is 146 Å². The highest BCUT2D eigenvalue weighted by Crippen LogP contribution is 2.43. The number of benzene rings is 2. The van der Waals surface area contributed by atoms with Crippen LogP contribution in [0.25, 0.3) is 11.1 Å². The summed E-state index contributed by atoms with van der Waals surface area (Å²) in [5, 5.41) is 25.6. The van der Waals surface area contributed by atoms with Crippen LogP contribution in [-0.2, 0) is 38.4 Å². The van der Waals surface area contributed by atoms with Crippen LogP contribution in [0.1, 0.15) is 118 Å². The van der Waals surface area contributed by atoms with Crippen LogP contribution in [0, 0.1) is 19.8 Å². The van der Waals surface area contributed by atoms with E-state index in [2.05, 4.69) is 20.6 Å². The monoisotopic (exact) mass is 790 g/mol. The Balaban J connectivity index is 1.15. The fourth-order valence-electron chi connectivity index (χ4n) is 7.43. The highest BCUT2D eigenvalue weighted by Gasteiger charge is 2.30. The summed E-state index contributed by atoms with van der Waals surface area (Å²) in [6.07, 6.45) is 8.64. The standard InChI is InChI=1S/C46H54N4O8/c1-5-57-45(55)33(25-51)18-17-32-22-48-41(21-37(32)29-13-14-29)44(54)50-39-12-8-11-36(28(39)4)35-10-7-9-31(27(35)3)19-43(53)40-20-38(30-15-16-30)34(23-47-40)24-49-42(26-52)46(56)58-6-2/h7-12,20-23,29-30,33,42,49,51-52H,5-6,13-19,24-26H2,1-4H3,(H,50,54)/t33-,42-/m1/s1. The number of aliphatic hydroxyl groups is 2. The molecule has 2 heterocycles. The minimum Gasteiger partial charge on any atom is -0.466 e. The lowest BCUT2D eigenvalue weighted by molar-refractivity contribution is -0.149. The Bertz CT molecular complexity index is 1990. The van der Waals surface area contributed by atoms with Crippen molar-refractivity contribution >= 4 is 29.3 Å². The Labute approximate surface area is 339 Å². The lowest BCUT2D eigenvalue weighted by atomic mass is 9.90. The number of nitrogens with one attached hydrogen (secondary N) is 2. The molecular formula is C46H54N4O8. The average molecular weight is 791 g/mol. The molecule has 2 saturated carbocycles.